The average Bonchev–Trinajstić information content (AvgIpc) is 3.53. The maximum atomic E-state index is 14.9. The molecule has 0 saturated carbocycles. The first-order chi connectivity index (χ1) is 18.8. The Labute approximate surface area is 218 Å². The fourth-order valence-electron chi connectivity index (χ4n) is 4.03. The van der Waals surface area contributed by atoms with E-state index in [0.717, 1.165) is 22.9 Å². The minimum absolute atomic E-state index is 0.00633. The van der Waals surface area contributed by atoms with Crippen LogP contribution in [0, 0.1) is 17.5 Å². The van der Waals surface area contributed by atoms with Gasteiger partial charge in [-0.15, -0.1) is 0 Å². The Balaban J connectivity index is 1.25. The second-order valence-corrected chi connectivity index (χ2v) is 8.55. The van der Waals surface area contributed by atoms with E-state index in [1.807, 2.05) is 0 Å². The van der Waals surface area contributed by atoms with Crippen molar-refractivity contribution < 1.29 is 22.8 Å². The van der Waals surface area contributed by atoms with Crippen LogP contribution in [0.1, 0.15) is 32.7 Å². The molecule has 0 radical (unpaired) electrons. The van der Waals surface area contributed by atoms with Crippen molar-refractivity contribution in [2.24, 2.45) is 0 Å². The summed E-state index contributed by atoms with van der Waals surface area (Å²) in [4.78, 5) is 48.2. The zero-order chi connectivity index (χ0) is 27.5. The molecule has 2 amide bonds. The van der Waals surface area contributed by atoms with E-state index in [2.05, 4.69) is 25.6 Å². The number of halogens is 3. The molecule has 0 saturated heterocycles. The number of amides is 2. The summed E-state index contributed by atoms with van der Waals surface area (Å²) in [7, 11) is 0. The summed E-state index contributed by atoms with van der Waals surface area (Å²) in [6.07, 6.45) is 9.86. The number of anilines is 1. The van der Waals surface area contributed by atoms with E-state index in [0.29, 0.717) is 22.5 Å². The van der Waals surface area contributed by atoms with Crippen LogP contribution in [0.5, 0.6) is 0 Å². The van der Waals surface area contributed by atoms with Gasteiger partial charge in [0.2, 0.25) is 0 Å². The monoisotopic (exact) mass is 532 g/mol. The third-order valence-corrected chi connectivity index (χ3v) is 5.87. The number of carbonyl (C=O) groups excluding carboxylic acids is 2. The van der Waals surface area contributed by atoms with Crippen LogP contribution in [0.25, 0.3) is 17.7 Å². The quantitative estimate of drug-likeness (QED) is 0.315. The maximum absolute atomic E-state index is 14.9. The predicted molar refractivity (Wildman–Crippen MR) is 137 cm³/mol. The summed E-state index contributed by atoms with van der Waals surface area (Å²) in [5, 5.41) is 5.19. The Morgan fingerprint density at radius 1 is 1.03 bits per heavy atom. The van der Waals surface area contributed by atoms with Crippen LogP contribution < -0.4 is 16.2 Å². The summed E-state index contributed by atoms with van der Waals surface area (Å²) < 4.78 is 42.6. The number of H-pyrrole nitrogens is 1. The Hall–Kier alpha value is -5.26. The summed E-state index contributed by atoms with van der Waals surface area (Å²) in [6.45, 7) is -0.102. The summed E-state index contributed by atoms with van der Waals surface area (Å²) in [5.74, 6) is -3.80. The van der Waals surface area contributed by atoms with E-state index >= 15 is 0 Å². The standard InChI is InChI=1S/C27H19F3N6O3/c28-20-4-3-16(7-21(20)29)12-36-14-32-11-19(27(36)39)25(37)33-5-1-2-15-6-22(30)24-18(9-17-10-31-13-34-17)26(38)35-23(24)8-15/h1-4,6-11,13-14H,5,12H2,(H,31,34)(H,33,37)(H,35,38). The van der Waals surface area contributed by atoms with E-state index in [-0.39, 0.29) is 29.8 Å². The van der Waals surface area contributed by atoms with E-state index in [1.165, 1.54) is 37.1 Å². The molecule has 1 aliphatic heterocycles. The second-order valence-electron chi connectivity index (χ2n) is 8.55. The molecule has 9 nitrogen and oxygen atoms in total. The molecule has 196 valence electrons. The molecule has 0 bridgehead atoms. The van der Waals surface area contributed by atoms with Gasteiger partial charge in [-0.3, -0.25) is 19.0 Å². The van der Waals surface area contributed by atoms with Crippen LogP contribution in [-0.2, 0) is 11.3 Å². The fourth-order valence-corrected chi connectivity index (χ4v) is 4.03. The molecular formula is C27H19F3N6O3. The molecule has 5 rings (SSSR count). The minimum Gasteiger partial charge on any atom is -0.348 e. The normalized spacial score (nSPS) is 13.6. The fraction of sp³-hybridized carbons (Fsp3) is 0.0741. The topological polar surface area (TPSA) is 122 Å². The Bertz CT molecular complexity index is 1710. The van der Waals surface area contributed by atoms with Crippen LogP contribution >= 0.6 is 0 Å². The summed E-state index contributed by atoms with van der Waals surface area (Å²) in [6, 6.07) is 6.09. The van der Waals surface area contributed by atoms with Crippen molar-refractivity contribution in [3.05, 3.63) is 117 Å². The molecule has 3 heterocycles. The third kappa shape index (κ3) is 5.39. The highest BCUT2D eigenvalue weighted by molar-refractivity contribution is 6.35. The number of fused-ring (bicyclic) bond motifs is 1. The molecule has 3 N–H and O–H groups in total. The molecule has 0 unspecified atom stereocenters. The lowest BCUT2D eigenvalue weighted by molar-refractivity contribution is -0.110. The highest BCUT2D eigenvalue weighted by Crippen LogP contribution is 2.36. The van der Waals surface area contributed by atoms with Gasteiger partial charge in [-0.05, 0) is 41.5 Å². The number of aromatic amines is 1. The molecule has 0 aliphatic carbocycles. The van der Waals surface area contributed by atoms with Crippen LogP contribution in [-0.4, -0.2) is 37.9 Å². The van der Waals surface area contributed by atoms with Gasteiger partial charge < -0.3 is 15.6 Å². The average molecular weight is 532 g/mol. The first kappa shape index (κ1) is 25.4. The Kier molecular flexibility index (Phi) is 6.91. The number of carbonyl (C=O) groups is 2. The number of nitrogens with one attached hydrogen (secondary N) is 3. The van der Waals surface area contributed by atoms with Crippen LogP contribution in [0.15, 0.2) is 66.3 Å². The van der Waals surface area contributed by atoms with Crippen molar-refractivity contribution in [2.75, 3.05) is 11.9 Å². The van der Waals surface area contributed by atoms with Crippen molar-refractivity contribution in [1.82, 2.24) is 24.8 Å². The molecule has 1 aliphatic rings. The SMILES string of the molecule is O=C1Nc2cc(C=CCNC(=O)c3cncn(Cc4ccc(F)c(F)c4)c3=O)cc(F)c2C1=Cc1cnc[nH]1. The minimum atomic E-state index is -1.05. The van der Waals surface area contributed by atoms with Crippen LogP contribution in [0.2, 0.25) is 0 Å². The van der Waals surface area contributed by atoms with Gasteiger partial charge in [-0.2, -0.15) is 0 Å². The smallest absolute Gasteiger partial charge is 0.266 e. The van der Waals surface area contributed by atoms with Gasteiger partial charge >= 0.3 is 0 Å². The van der Waals surface area contributed by atoms with Crippen molar-refractivity contribution >= 4 is 35.2 Å². The molecule has 2 aromatic heterocycles. The number of imidazole rings is 1. The number of nitrogens with zero attached hydrogens (tertiary/aromatic N) is 3. The van der Waals surface area contributed by atoms with Crippen LogP contribution in [0.4, 0.5) is 18.9 Å². The van der Waals surface area contributed by atoms with E-state index in [9.17, 15) is 27.6 Å². The van der Waals surface area contributed by atoms with E-state index < -0.39 is 34.8 Å². The lowest BCUT2D eigenvalue weighted by Crippen LogP contribution is -2.33. The lowest BCUT2D eigenvalue weighted by Gasteiger charge is -2.08. The number of hydrogen-bond acceptors (Lipinski definition) is 5. The molecule has 0 atom stereocenters. The second kappa shape index (κ2) is 10.6. The van der Waals surface area contributed by atoms with E-state index in [1.54, 1.807) is 18.2 Å². The molecule has 4 aromatic rings. The van der Waals surface area contributed by atoms with Crippen molar-refractivity contribution in [1.29, 1.82) is 0 Å². The van der Waals surface area contributed by atoms with Crippen molar-refractivity contribution in [2.45, 2.75) is 6.54 Å². The van der Waals surface area contributed by atoms with Gasteiger partial charge in [0, 0.05) is 18.3 Å². The molecule has 39 heavy (non-hydrogen) atoms. The Morgan fingerprint density at radius 2 is 1.87 bits per heavy atom. The molecule has 12 heteroatoms. The number of aromatic nitrogens is 4. The highest BCUT2D eigenvalue weighted by Gasteiger charge is 2.28. The number of hydrogen-bond donors (Lipinski definition) is 3. The zero-order valence-electron chi connectivity index (χ0n) is 20.0. The van der Waals surface area contributed by atoms with Gasteiger partial charge in [0.05, 0.1) is 42.4 Å². The Morgan fingerprint density at radius 3 is 2.64 bits per heavy atom. The maximum Gasteiger partial charge on any atom is 0.266 e. The number of rotatable bonds is 7. The van der Waals surface area contributed by atoms with Gasteiger partial charge in [-0.25, -0.2) is 23.1 Å². The largest absolute Gasteiger partial charge is 0.348 e. The molecular weight excluding hydrogens is 513 g/mol. The lowest BCUT2D eigenvalue weighted by atomic mass is 10.0. The highest BCUT2D eigenvalue weighted by atomic mass is 19.2. The van der Waals surface area contributed by atoms with Gasteiger partial charge in [-0.1, -0.05) is 18.2 Å². The van der Waals surface area contributed by atoms with Gasteiger partial charge in [0.25, 0.3) is 17.4 Å². The summed E-state index contributed by atoms with van der Waals surface area (Å²) >= 11 is 0. The first-order valence-electron chi connectivity index (χ1n) is 11.6. The number of benzene rings is 2. The molecule has 0 fully saturated rings. The predicted octanol–water partition coefficient (Wildman–Crippen LogP) is 3.37. The zero-order valence-corrected chi connectivity index (χ0v) is 20.0. The van der Waals surface area contributed by atoms with Gasteiger partial charge in [0.15, 0.2) is 11.6 Å². The van der Waals surface area contributed by atoms with Gasteiger partial charge in [0.1, 0.15) is 11.4 Å². The third-order valence-electron chi connectivity index (χ3n) is 5.87. The van der Waals surface area contributed by atoms with Crippen molar-refractivity contribution in [3.63, 3.8) is 0 Å². The summed E-state index contributed by atoms with van der Waals surface area (Å²) in [5.41, 5.74) is 1.04. The van der Waals surface area contributed by atoms with Crippen molar-refractivity contribution in [3.8, 4) is 0 Å². The van der Waals surface area contributed by atoms with E-state index in [4.69, 9.17) is 0 Å². The molecule has 0 spiro atoms. The molecule has 2 aromatic carbocycles. The first-order valence-corrected chi connectivity index (χ1v) is 11.6. The van der Waals surface area contributed by atoms with Crippen LogP contribution in [0.3, 0.4) is 0 Å².